The maximum absolute atomic E-state index is 5.76. The van der Waals surface area contributed by atoms with Gasteiger partial charge in [0.1, 0.15) is 4.99 Å². The molecule has 1 aromatic carbocycles. The number of halogens is 1. The third-order valence-electron chi connectivity index (χ3n) is 3.55. The lowest BCUT2D eigenvalue weighted by molar-refractivity contribution is 0.105. The molecule has 1 aromatic rings. The Hall–Kier alpha value is -0.650. The van der Waals surface area contributed by atoms with Gasteiger partial charge in [-0.1, -0.05) is 28.1 Å². The van der Waals surface area contributed by atoms with E-state index in [0.717, 1.165) is 28.8 Å². The van der Waals surface area contributed by atoms with Gasteiger partial charge >= 0.3 is 0 Å². The van der Waals surface area contributed by atoms with Crippen LogP contribution in [0.25, 0.3) is 0 Å². The van der Waals surface area contributed by atoms with Crippen molar-refractivity contribution in [3.63, 3.8) is 0 Å². The minimum absolute atomic E-state index is 0.0830. The third kappa shape index (κ3) is 2.68. The van der Waals surface area contributed by atoms with E-state index >= 15 is 0 Å². The lowest BCUT2D eigenvalue weighted by Gasteiger charge is -2.31. The molecule has 0 aliphatic carbocycles. The van der Waals surface area contributed by atoms with Crippen molar-refractivity contribution in [3.05, 3.63) is 28.2 Å². The molecule has 5 heteroatoms. The fourth-order valence-corrected chi connectivity index (χ4v) is 2.68. The number of ether oxygens (including phenoxy) is 1. The lowest BCUT2D eigenvalue weighted by Crippen LogP contribution is -2.41. The monoisotopic (exact) mass is 328 g/mol. The van der Waals surface area contributed by atoms with E-state index < -0.39 is 0 Å². The van der Waals surface area contributed by atoms with Crippen molar-refractivity contribution in [3.8, 4) is 0 Å². The Morgan fingerprint density at radius 1 is 1.61 bits per heavy atom. The molecule has 1 fully saturated rings. The molecular weight excluding hydrogens is 312 g/mol. The van der Waals surface area contributed by atoms with Crippen LogP contribution in [0.2, 0.25) is 0 Å². The largest absolute Gasteiger partial charge is 0.389 e. The molecule has 1 heterocycles. The average molecular weight is 329 g/mol. The van der Waals surface area contributed by atoms with Crippen molar-refractivity contribution in [2.45, 2.75) is 31.9 Å². The highest BCUT2D eigenvalue weighted by molar-refractivity contribution is 9.10. The fraction of sp³-hybridized carbons (Fsp3) is 0.462. The van der Waals surface area contributed by atoms with Gasteiger partial charge in [-0.2, -0.15) is 0 Å². The Kier molecular flexibility index (Phi) is 3.94. The number of hydrogen-bond acceptors (Lipinski definition) is 3. The molecule has 0 aromatic heterocycles. The Morgan fingerprint density at radius 3 is 2.89 bits per heavy atom. The second-order valence-electron chi connectivity index (χ2n) is 4.86. The van der Waals surface area contributed by atoms with Crippen LogP contribution in [-0.4, -0.2) is 23.2 Å². The standard InChI is InChI=1S/C13H17BrN2OS/c1-8-13(2,5-6-17-8)16-11-7-9(14)3-4-10(11)12(15)18/h3-4,7-8,16H,5-6H2,1-2H3,(H2,15,18). The molecule has 1 aliphatic rings. The van der Waals surface area contributed by atoms with Gasteiger partial charge in [0.05, 0.1) is 11.6 Å². The first-order valence-corrected chi connectivity index (χ1v) is 7.12. The van der Waals surface area contributed by atoms with Crippen LogP contribution in [0.5, 0.6) is 0 Å². The molecule has 3 nitrogen and oxygen atoms in total. The van der Waals surface area contributed by atoms with Crippen LogP contribution in [0.15, 0.2) is 22.7 Å². The molecule has 18 heavy (non-hydrogen) atoms. The normalized spacial score (nSPS) is 27.2. The summed E-state index contributed by atoms with van der Waals surface area (Å²) >= 11 is 8.56. The molecule has 0 bridgehead atoms. The molecule has 3 N–H and O–H groups in total. The third-order valence-corrected chi connectivity index (χ3v) is 4.27. The SMILES string of the molecule is CC1OCCC1(C)Nc1cc(Br)ccc1C(N)=S. The van der Waals surface area contributed by atoms with Crippen LogP contribution in [0.1, 0.15) is 25.8 Å². The van der Waals surface area contributed by atoms with E-state index in [2.05, 4.69) is 35.1 Å². The highest BCUT2D eigenvalue weighted by atomic mass is 79.9. The maximum Gasteiger partial charge on any atom is 0.106 e. The molecule has 1 saturated heterocycles. The predicted octanol–water partition coefficient (Wildman–Crippen LogP) is 3.06. The Balaban J connectivity index is 2.33. The molecule has 0 radical (unpaired) electrons. The predicted molar refractivity (Wildman–Crippen MR) is 82.1 cm³/mol. The Labute approximate surface area is 121 Å². The van der Waals surface area contributed by atoms with Crippen LogP contribution in [0, 0.1) is 0 Å². The summed E-state index contributed by atoms with van der Waals surface area (Å²) in [7, 11) is 0. The zero-order valence-electron chi connectivity index (χ0n) is 10.5. The minimum Gasteiger partial charge on any atom is -0.389 e. The summed E-state index contributed by atoms with van der Waals surface area (Å²) in [5.41, 5.74) is 7.50. The Morgan fingerprint density at radius 2 is 2.33 bits per heavy atom. The summed E-state index contributed by atoms with van der Waals surface area (Å²) in [5.74, 6) is 0. The van der Waals surface area contributed by atoms with Gasteiger partial charge in [-0.25, -0.2) is 0 Å². The van der Waals surface area contributed by atoms with Gasteiger partial charge in [0.2, 0.25) is 0 Å². The number of nitrogens with one attached hydrogen (secondary N) is 1. The minimum atomic E-state index is -0.0830. The molecule has 1 aliphatic heterocycles. The fourth-order valence-electron chi connectivity index (χ4n) is 2.14. The van der Waals surface area contributed by atoms with E-state index in [-0.39, 0.29) is 11.6 Å². The number of hydrogen-bond donors (Lipinski definition) is 2. The van der Waals surface area contributed by atoms with Crippen LogP contribution in [0.4, 0.5) is 5.69 Å². The Bertz CT molecular complexity index is 480. The first kappa shape index (κ1) is 13.8. The van der Waals surface area contributed by atoms with Crippen molar-refractivity contribution in [1.82, 2.24) is 0 Å². The molecule has 0 amide bonds. The van der Waals surface area contributed by atoms with Gasteiger partial charge in [0.15, 0.2) is 0 Å². The van der Waals surface area contributed by atoms with Gasteiger partial charge in [0.25, 0.3) is 0 Å². The van der Waals surface area contributed by atoms with Crippen molar-refractivity contribution < 1.29 is 4.74 Å². The highest BCUT2D eigenvalue weighted by Crippen LogP contribution is 2.32. The molecule has 0 spiro atoms. The zero-order chi connectivity index (χ0) is 13.3. The molecular formula is C13H17BrN2OS. The number of thiocarbonyl (C=S) groups is 1. The summed E-state index contributed by atoms with van der Waals surface area (Å²) in [6.07, 6.45) is 1.13. The molecule has 2 atom stereocenters. The van der Waals surface area contributed by atoms with Gasteiger partial charge in [-0.05, 0) is 38.5 Å². The first-order chi connectivity index (χ1) is 8.42. The van der Waals surface area contributed by atoms with Crippen LogP contribution >= 0.6 is 28.1 Å². The van der Waals surface area contributed by atoms with Crippen LogP contribution in [-0.2, 0) is 4.74 Å². The summed E-state index contributed by atoms with van der Waals surface area (Å²) < 4.78 is 6.63. The van der Waals surface area contributed by atoms with Crippen LogP contribution < -0.4 is 11.1 Å². The topological polar surface area (TPSA) is 47.3 Å². The van der Waals surface area contributed by atoms with E-state index in [4.69, 9.17) is 22.7 Å². The lowest BCUT2D eigenvalue weighted by atomic mass is 9.93. The van der Waals surface area contributed by atoms with Crippen molar-refractivity contribution in [2.24, 2.45) is 5.73 Å². The second kappa shape index (κ2) is 5.15. The number of nitrogens with two attached hydrogens (primary N) is 1. The van der Waals surface area contributed by atoms with E-state index in [0.29, 0.717) is 4.99 Å². The van der Waals surface area contributed by atoms with E-state index in [1.807, 2.05) is 18.2 Å². The smallest absolute Gasteiger partial charge is 0.106 e. The van der Waals surface area contributed by atoms with Gasteiger partial charge in [-0.15, -0.1) is 0 Å². The molecule has 2 unspecified atom stereocenters. The average Bonchev–Trinajstić information content (AvgIpc) is 2.58. The van der Waals surface area contributed by atoms with Gasteiger partial charge < -0.3 is 15.8 Å². The van der Waals surface area contributed by atoms with Crippen molar-refractivity contribution in [1.29, 1.82) is 0 Å². The van der Waals surface area contributed by atoms with Gasteiger partial charge in [-0.3, -0.25) is 0 Å². The van der Waals surface area contributed by atoms with Crippen LogP contribution in [0.3, 0.4) is 0 Å². The van der Waals surface area contributed by atoms with E-state index in [1.165, 1.54) is 0 Å². The summed E-state index contributed by atoms with van der Waals surface area (Å²) in [4.78, 5) is 0.403. The number of rotatable bonds is 3. The van der Waals surface area contributed by atoms with Gasteiger partial charge in [0, 0.05) is 22.3 Å². The second-order valence-corrected chi connectivity index (χ2v) is 6.22. The molecule has 98 valence electrons. The van der Waals surface area contributed by atoms with Crippen molar-refractivity contribution >= 4 is 38.8 Å². The summed E-state index contributed by atoms with van der Waals surface area (Å²) in [5, 5.41) is 3.54. The summed E-state index contributed by atoms with van der Waals surface area (Å²) in [6, 6.07) is 5.87. The first-order valence-electron chi connectivity index (χ1n) is 5.91. The molecule has 0 saturated carbocycles. The maximum atomic E-state index is 5.76. The van der Waals surface area contributed by atoms with E-state index in [1.54, 1.807) is 0 Å². The molecule has 2 rings (SSSR count). The quantitative estimate of drug-likeness (QED) is 0.837. The number of anilines is 1. The van der Waals surface area contributed by atoms with E-state index in [9.17, 15) is 0 Å². The highest BCUT2D eigenvalue weighted by Gasteiger charge is 2.37. The summed E-state index contributed by atoms with van der Waals surface area (Å²) in [6.45, 7) is 5.02. The van der Waals surface area contributed by atoms with Crippen molar-refractivity contribution in [2.75, 3.05) is 11.9 Å². The zero-order valence-corrected chi connectivity index (χ0v) is 12.9. The number of benzene rings is 1.